The van der Waals surface area contributed by atoms with Crippen LogP contribution in [-0.4, -0.2) is 0 Å². The summed E-state index contributed by atoms with van der Waals surface area (Å²) in [5, 5.41) is 2.48. The molecule has 0 aliphatic rings. The minimum atomic E-state index is 1.09. The molecule has 0 saturated carbocycles. The Balaban J connectivity index is 1.08. The van der Waals surface area contributed by atoms with Crippen LogP contribution in [-0.2, 0) is 0 Å². The third-order valence-electron chi connectivity index (χ3n) is 11.3. The Hall–Kier alpha value is -7.74. The third kappa shape index (κ3) is 7.34. The van der Waals surface area contributed by atoms with Crippen LogP contribution in [0.4, 0.5) is 17.1 Å². The van der Waals surface area contributed by atoms with Crippen LogP contribution in [0.5, 0.6) is 0 Å². The second-order valence-corrected chi connectivity index (χ2v) is 14.9. The first-order valence-corrected chi connectivity index (χ1v) is 20.2. The maximum absolute atomic E-state index is 2.37. The molecule has 1 nitrogen and oxygen atoms in total. The summed E-state index contributed by atoms with van der Waals surface area (Å²) in [6.45, 7) is 0. The van der Waals surface area contributed by atoms with E-state index in [1.165, 1.54) is 77.5 Å². The van der Waals surface area contributed by atoms with Crippen LogP contribution in [0.25, 0.3) is 77.5 Å². The van der Waals surface area contributed by atoms with Crippen molar-refractivity contribution in [3.63, 3.8) is 0 Å². The largest absolute Gasteiger partial charge is 0.310 e. The molecule has 278 valence electrons. The number of hydrogen-bond donors (Lipinski definition) is 0. The van der Waals surface area contributed by atoms with Crippen LogP contribution < -0.4 is 4.90 Å². The standard InChI is InChI=1S/C58H41N/c1-5-15-42(16-6-1)44-27-32-52(33-28-44)59(54-36-38-56(47-20-9-3-10-21-47)58(41-54)48-22-11-4-12-23-48)53-34-29-45(30-35-53)50-31-37-55(46-18-7-2-8-19-46)57(40-50)51-26-25-43-17-13-14-24-49(43)39-51/h1-41H. The minimum Gasteiger partial charge on any atom is -0.310 e. The van der Waals surface area contributed by atoms with Gasteiger partial charge in [-0.1, -0.05) is 200 Å². The van der Waals surface area contributed by atoms with Crippen molar-refractivity contribution in [2.75, 3.05) is 4.90 Å². The van der Waals surface area contributed by atoms with Gasteiger partial charge in [-0.15, -0.1) is 0 Å². The van der Waals surface area contributed by atoms with Crippen molar-refractivity contribution in [2.45, 2.75) is 0 Å². The van der Waals surface area contributed by atoms with Gasteiger partial charge in [0.15, 0.2) is 0 Å². The Morgan fingerprint density at radius 2 is 0.559 bits per heavy atom. The third-order valence-corrected chi connectivity index (χ3v) is 11.3. The van der Waals surface area contributed by atoms with Crippen molar-refractivity contribution in [3.8, 4) is 66.8 Å². The molecule has 0 fully saturated rings. The van der Waals surface area contributed by atoms with E-state index in [4.69, 9.17) is 0 Å². The quantitative estimate of drug-likeness (QED) is 0.142. The van der Waals surface area contributed by atoms with Crippen molar-refractivity contribution < 1.29 is 0 Å². The molecule has 0 amide bonds. The molecule has 10 aromatic rings. The fraction of sp³-hybridized carbons (Fsp3) is 0. The van der Waals surface area contributed by atoms with Crippen molar-refractivity contribution in [1.82, 2.24) is 0 Å². The molecule has 0 saturated heterocycles. The zero-order chi connectivity index (χ0) is 39.4. The summed E-state index contributed by atoms with van der Waals surface area (Å²) in [7, 11) is 0. The lowest BCUT2D eigenvalue weighted by molar-refractivity contribution is 1.28. The summed E-state index contributed by atoms with van der Waals surface area (Å²) < 4.78 is 0. The van der Waals surface area contributed by atoms with Gasteiger partial charge in [0, 0.05) is 17.1 Å². The number of fused-ring (bicyclic) bond motifs is 1. The van der Waals surface area contributed by atoms with Gasteiger partial charge in [-0.3, -0.25) is 0 Å². The summed E-state index contributed by atoms with van der Waals surface area (Å²) in [6, 6.07) is 89.8. The van der Waals surface area contributed by atoms with E-state index in [1.807, 2.05) is 0 Å². The molecule has 10 aromatic carbocycles. The Morgan fingerprint density at radius 1 is 0.186 bits per heavy atom. The summed E-state index contributed by atoms with van der Waals surface area (Å²) in [5.74, 6) is 0. The van der Waals surface area contributed by atoms with E-state index in [-0.39, 0.29) is 0 Å². The average Bonchev–Trinajstić information content (AvgIpc) is 3.33. The minimum absolute atomic E-state index is 1.09. The molecule has 1 heteroatoms. The highest BCUT2D eigenvalue weighted by atomic mass is 15.1. The molecular formula is C58H41N. The van der Waals surface area contributed by atoms with Gasteiger partial charge in [0.1, 0.15) is 0 Å². The van der Waals surface area contributed by atoms with E-state index in [2.05, 4.69) is 254 Å². The molecule has 0 heterocycles. The summed E-state index contributed by atoms with van der Waals surface area (Å²) in [4.78, 5) is 2.37. The van der Waals surface area contributed by atoms with E-state index < -0.39 is 0 Å². The van der Waals surface area contributed by atoms with Crippen LogP contribution in [0.3, 0.4) is 0 Å². The zero-order valence-electron chi connectivity index (χ0n) is 32.6. The highest BCUT2D eigenvalue weighted by Crippen LogP contribution is 2.42. The SMILES string of the molecule is c1ccc(-c2ccc(N(c3ccc(-c4ccc(-c5ccccc5)c(-c5ccc6ccccc6c5)c4)cc3)c3ccc(-c4ccccc4)c(-c4ccccc4)c3)cc2)cc1. The van der Waals surface area contributed by atoms with Gasteiger partial charge < -0.3 is 4.90 Å². The van der Waals surface area contributed by atoms with Crippen molar-refractivity contribution >= 4 is 27.8 Å². The van der Waals surface area contributed by atoms with Gasteiger partial charge in [-0.25, -0.2) is 0 Å². The first-order valence-electron chi connectivity index (χ1n) is 20.2. The number of hydrogen-bond acceptors (Lipinski definition) is 1. The van der Waals surface area contributed by atoms with Crippen LogP contribution in [0.2, 0.25) is 0 Å². The first-order chi connectivity index (χ1) is 29.2. The number of nitrogens with zero attached hydrogens (tertiary/aromatic N) is 1. The van der Waals surface area contributed by atoms with E-state index in [0.29, 0.717) is 0 Å². The van der Waals surface area contributed by atoms with E-state index in [9.17, 15) is 0 Å². The van der Waals surface area contributed by atoms with Crippen LogP contribution in [0.1, 0.15) is 0 Å². The Kier molecular flexibility index (Phi) is 9.68. The highest BCUT2D eigenvalue weighted by Gasteiger charge is 2.18. The molecule has 0 N–H and O–H groups in total. The Bertz CT molecular complexity index is 2990. The van der Waals surface area contributed by atoms with Gasteiger partial charge in [0.2, 0.25) is 0 Å². The van der Waals surface area contributed by atoms with Gasteiger partial charge in [0.05, 0.1) is 0 Å². The predicted octanol–water partition coefficient (Wildman–Crippen LogP) is 16.3. The molecular weight excluding hydrogens is 711 g/mol. The Morgan fingerprint density at radius 3 is 1.12 bits per heavy atom. The molecule has 0 radical (unpaired) electrons. The monoisotopic (exact) mass is 751 g/mol. The van der Waals surface area contributed by atoms with Crippen LogP contribution in [0, 0.1) is 0 Å². The van der Waals surface area contributed by atoms with Gasteiger partial charge in [-0.2, -0.15) is 0 Å². The van der Waals surface area contributed by atoms with Gasteiger partial charge in [-0.05, 0) is 126 Å². The molecule has 0 spiro atoms. The smallest absolute Gasteiger partial charge is 0.0468 e. The second-order valence-electron chi connectivity index (χ2n) is 14.9. The second kappa shape index (κ2) is 16.0. The van der Waals surface area contributed by atoms with Crippen molar-refractivity contribution in [2.24, 2.45) is 0 Å². The molecule has 0 aliphatic heterocycles. The summed E-state index contributed by atoms with van der Waals surface area (Å²) in [6.07, 6.45) is 0. The maximum atomic E-state index is 2.37. The van der Waals surface area contributed by atoms with Gasteiger partial charge in [0.25, 0.3) is 0 Å². The number of benzene rings is 10. The lowest BCUT2D eigenvalue weighted by atomic mass is 9.90. The molecule has 0 bridgehead atoms. The molecule has 0 aliphatic carbocycles. The molecule has 10 rings (SSSR count). The summed E-state index contributed by atoms with van der Waals surface area (Å²) >= 11 is 0. The van der Waals surface area contributed by atoms with Gasteiger partial charge >= 0.3 is 0 Å². The lowest BCUT2D eigenvalue weighted by Crippen LogP contribution is -2.10. The fourth-order valence-corrected chi connectivity index (χ4v) is 8.27. The van der Waals surface area contributed by atoms with E-state index in [0.717, 1.165) is 17.1 Å². The number of rotatable bonds is 9. The zero-order valence-corrected chi connectivity index (χ0v) is 32.6. The molecule has 59 heavy (non-hydrogen) atoms. The van der Waals surface area contributed by atoms with Crippen molar-refractivity contribution in [3.05, 3.63) is 249 Å². The van der Waals surface area contributed by atoms with E-state index in [1.54, 1.807) is 0 Å². The maximum Gasteiger partial charge on any atom is 0.0468 e. The summed E-state index contributed by atoms with van der Waals surface area (Å²) in [5.41, 5.74) is 17.6. The lowest BCUT2D eigenvalue weighted by Gasteiger charge is -2.27. The normalized spacial score (nSPS) is 11.1. The molecule has 0 aromatic heterocycles. The first kappa shape index (κ1) is 35.7. The topological polar surface area (TPSA) is 3.24 Å². The highest BCUT2D eigenvalue weighted by molar-refractivity contribution is 5.94. The molecule has 0 unspecified atom stereocenters. The molecule has 0 atom stereocenters. The Labute approximate surface area is 346 Å². The van der Waals surface area contributed by atoms with Crippen molar-refractivity contribution in [1.29, 1.82) is 0 Å². The average molecular weight is 752 g/mol. The van der Waals surface area contributed by atoms with Crippen LogP contribution in [0.15, 0.2) is 249 Å². The number of anilines is 3. The fourth-order valence-electron chi connectivity index (χ4n) is 8.27. The van der Waals surface area contributed by atoms with Crippen LogP contribution >= 0.6 is 0 Å². The predicted molar refractivity (Wildman–Crippen MR) is 251 cm³/mol. The van der Waals surface area contributed by atoms with E-state index >= 15 is 0 Å².